The van der Waals surface area contributed by atoms with Gasteiger partial charge in [0.2, 0.25) is 0 Å². The first-order valence-corrected chi connectivity index (χ1v) is 6.53. The second-order valence-electron chi connectivity index (χ2n) is 5.00. The van der Waals surface area contributed by atoms with Gasteiger partial charge in [-0.2, -0.15) is 0 Å². The summed E-state index contributed by atoms with van der Waals surface area (Å²) in [6.45, 7) is 4.41. The van der Waals surface area contributed by atoms with Gasteiger partial charge in [0.15, 0.2) is 0 Å². The monoisotopic (exact) mass is 251 g/mol. The first-order chi connectivity index (χ1) is 9.24. The molecule has 0 amide bonds. The highest BCUT2D eigenvalue weighted by molar-refractivity contribution is 5.91. The van der Waals surface area contributed by atoms with E-state index in [2.05, 4.69) is 53.4 Å². The Morgan fingerprint density at radius 2 is 1.84 bits per heavy atom. The molecule has 0 aliphatic rings. The Balaban J connectivity index is 1.90. The Labute approximate surface area is 112 Å². The van der Waals surface area contributed by atoms with Crippen molar-refractivity contribution in [2.45, 2.75) is 19.8 Å². The van der Waals surface area contributed by atoms with E-state index in [0.29, 0.717) is 5.92 Å². The van der Waals surface area contributed by atoms with Crippen molar-refractivity contribution in [1.82, 2.24) is 9.97 Å². The van der Waals surface area contributed by atoms with Crippen LogP contribution >= 0.6 is 0 Å². The number of rotatable bonds is 3. The predicted molar refractivity (Wildman–Crippen MR) is 79.9 cm³/mol. The number of nitrogens with zero attached hydrogens (tertiary/aromatic N) is 1. The van der Waals surface area contributed by atoms with E-state index < -0.39 is 0 Å². The maximum absolute atomic E-state index is 4.29. The second-order valence-corrected chi connectivity index (χ2v) is 5.00. The lowest BCUT2D eigenvalue weighted by Gasteiger charge is -2.10. The third-order valence-corrected chi connectivity index (χ3v) is 3.32. The maximum Gasteiger partial charge on any atom is 0.139 e. The highest BCUT2D eigenvalue weighted by atomic mass is 14.9. The molecule has 2 N–H and O–H groups in total. The number of aromatic amines is 1. The van der Waals surface area contributed by atoms with Crippen molar-refractivity contribution in [2.24, 2.45) is 0 Å². The molecular formula is C16H17N3. The Morgan fingerprint density at radius 1 is 1.05 bits per heavy atom. The Kier molecular flexibility index (Phi) is 2.95. The van der Waals surface area contributed by atoms with Crippen molar-refractivity contribution in [1.29, 1.82) is 0 Å². The third kappa shape index (κ3) is 2.32. The van der Waals surface area contributed by atoms with Gasteiger partial charge in [-0.15, -0.1) is 0 Å². The number of fused-ring (bicyclic) bond motifs is 1. The molecule has 0 spiro atoms. The molecule has 0 atom stereocenters. The maximum atomic E-state index is 4.29. The van der Waals surface area contributed by atoms with Crippen molar-refractivity contribution < 1.29 is 0 Å². The summed E-state index contributed by atoms with van der Waals surface area (Å²) in [5, 5.41) is 4.55. The predicted octanol–water partition coefficient (Wildman–Crippen LogP) is 4.43. The van der Waals surface area contributed by atoms with Crippen LogP contribution in [0.4, 0.5) is 11.4 Å². The van der Waals surface area contributed by atoms with Crippen LogP contribution in [0.5, 0.6) is 0 Å². The van der Waals surface area contributed by atoms with E-state index in [1.807, 2.05) is 24.5 Å². The van der Waals surface area contributed by atoms with E-state index in [1.165, 1.54) is 5.56 Å². The summed E-state index contributed by atoms with van der Waals surface area (Å²) in [6.07, 6.45) is 3.72. The van der Waals surface area contributed by atoms with Gasteiger partial charge in [-0.3, -0.25) is 0 Å². The number of pyridine rings is 1. The largest absolute Gasteiger partial charge is 0.355 e. The van der Waals surface area contributed by atoms with Gasteiger partial charge in [-0.1, -0.05) is 26.0 Å². The van der Waals surface area contributed by atoms with E-state index in [4.69, 9.17) is 0 Å². The zero-order valence-corrected chi connectivity index (χ0v) is 11.1. The van der Waals surface area contributed by atoms with Crippen LogP contribution in [-0.2, 0) is 0 Å². The summed E-state index contributed by atoms with van der Waals surface area (Å²) in [7, 11) is 0. The summed E-state index contributed by atoms with van der Waals surface area (Å²) in [5.41, 5.74) is 4.43. The van der Waals surface area contributed by atoms with E-state index in [1.54, 1.807) is 0 Å². The van der Waals surface area contributed by atoms with Crippen LogP contribution in [0.3, 0.4) is 0 Å². The van der Waals surface area contributed by atoms with Crippen LogP contribution in [0, 0.1) is 0 Å². The molecular weight excluding hydrogens is 234 g/mol. The number of aromatic nitrogens is 2. The Hall–Kier alpha value is -2.29. The summed E-state index contributed by atoms with van der Waals surface area (Å²) < 4.78 is 0. The number of H-pyrrole nitrogens is 1. The molecule has 96 valence electrons. The summed E-state index contributed by atoms with van der Waals surface area (Å²) in [5.74, 6) is 0.561. The third-order valence-electron chi connectivity index (χ3n) is 3.32. The zero-order valence-electron chi connectivity index (χ0n) is 11.1. The molecule has 3 rings (SSSR count). The van der Waals surface area contributed by atoms with Crippen molar-refractivity contribution in [3.05, 3.63) is 54.4 Å². The summed E-state index contributed by atoms with van der Waals surface area (Å²) in [4.78, 5) is 7.40. The van der Waals surface area contributed by atoms with Crippen LogP contribution in [0.2, 0.25) is 0 Å². The van der Waals surface area contributed by atoms with Crippen LogP contribution in [0.1, 0.15) is 25.3 Å². The topological polar surface area (TPSA) is 40.7 Å². The smallest absolute Gasteiger partial charge is 0.139 e. The average molecular weight is 251 g/mol. The van der Waals surface area contributed by atoms with Crippen molar-refractivity contribution >= 4 is 22.4 Å². The molecule has 0 bridgehead atoms. The van der Waals surface area contributed by atoms with Crippen LogP contribution in [0.25, 0.3) is 11.0 Å². The molecule has 3 nitrogen and oxygen atoms in total. The minimum absolute atomic E-state index is 0.561. The number of nitrogens with one attached hydrogen (secondary N) is 2. The lowest BCUT2D eigenvalue weighted by molar-refractivity contribution is 0.867. The number of hydrogen-bond donors (Lipinski definition) is 2. The van der Waals surface area contributed by atoms with Gasteiger partial charge in [0.25, 0.3) is 0 Å². The SMILES string of the molecule is CC(C)c1ccc(Nc2ccnc3[nH]ccc23)cc1. The molecule has 3 heteroatoms. The molecule has 3 aromatic rings. The minimum atomic E-state index is 0.561. The highest BCUT2D eigenvalue weighted by Gasteiger charge is 2.03. The molecule has 2 aromatic heterocycles. The van der Waals surface area contributed by atoms with Crippen molar-refractivity contribution in [2.75, 3.05) is 5.32 Å². The van der Waals surface area contributed by atoms with Gasteiger partial charge in [0, 0.05) is 23.5 Å². The second kappa shape index (κ2) is 4.76. The van der Waals surface area contributed by atoms with Gasteiger partial charge in [-0.05, 0) is 35.7 Å². The van der Waals surface area contributed by atoms with Crippen molar-refractivity contribution in [3.63, 3.8) is 0 Å². The molecule has 0 aliphatic heterocycles. The van der Waals surface area contributed by atoms with Crippen LogP contribution < -0.4 is 5.32 Å². The zero-order chi connectivity index (χ0) is 13.2. The minimum Gasteiger partial charge on any atom is -0.355 e. The van der Waals surface area contributed by atoms with Crippen LogP contribution in [0.15, 0.2) is 48.8 Å². The van der Waals surface area contributed by atoms with Gasteiger partial charge in [0.1, 0.15) is 5.65 Å². The fraction of sp³-hybridized carbons (Fsp3) is 0.188. The molecule has 0 radical (unpaired) electrons. The fourth-order valence-corrected chi connectivity index (χ4v) is 2.18. The first kappa shape index (κ1) is 11.8. The highest BCUT2D eigenvalue weighted by Crippen LogP contribution is 2.25. The quantitative estimate of drug-likeness (QED) is 0.723. The molecule has 0 aliphatic carbocycles. The molecule has 0 unspecified atom stereocenters. The van der Waals surface area contributed by atoms with Gasteiger partial charge in [-0.25, -0.2) is 4.98 Å². The van der Waals surface area contributed by atoms with Gasteiger partial charge >= 0.3 is 0 Å². The number of benzene rings is 1. The number of hydrogen-bond acceptors (Lipinski definition) is 2. The summed E-state index contributed by atoms with van der Waals surface area (Å²) >= 11 is 0. The lowest BCUT2D eigenvalue weighted by Crippen LogP contribution is -1.93. The van der Waals surface area contributed by atoms with E-state index in [0.717, 1.165) is 22.4 Å². The molecule has 0 saturated carbocycles. The average Bonchev–Trinajstić information content (AvgIpc) is 2.89. The molecule has 0 fully saturated rings. The van der Waals surface area contributed by atoms with E-state index in [9.17, 15) is 0 Å². The first-order valence-electron chi connectivity index (χ1n) is 6.53. The van der Waals surface area contributed by atoms with Gasteiger partial charge < -0.3 is 10.3 Å². The van der Waals surface area contributed by atoms with E-state index in [-0.39, 0.29) is 0 Å². The lowest BCUT2D eigenvalue weighted by atomic mass is 10.0. The van der Waals surface area contributed by atoms with E-state index >= 15 is 0 Å². The summed E-state index contributed by atoms with van der Waals surface area (Å²) in [6, 6.07) is 12.6. The van der Waals surface area contributed by atoms with Crippen LogP contribution in [-0.4, -0.2) is 9.97 Å². The Morgan fingerprint density at radius 3 is 2.58 bits per heavy atom. The molecule has 19 heavy (non-hydrogen) atoms. The molecule has 2 heterocycles. The standard InChI is InChI=1S/C16H17N3/c1-11(2)12-3-5-13(6-4-12)19-15-8-10-18-16-14(15)7-9-17-16/h3-11H,1-2H3,(H2,17,18,19). The van der Waals surface area contributed by atoms with Crippen molar-refractivity contribution in [3.8, 4) is 0 Å². The number of anilines is 2. The Bertz CT molecular complexity index is 681. The fourth-order valence-electron chi connectivity index (χ4n) is 2.18. The normalized spacial score (nSPS) is 11.1. The van der Waals surface area contributed by atoms with Gasteiger partial charge in [0.05, 0.1) is 5.69 Å². The molecule has 1 aromatic carbocycles. The molecule has 0 saturated heterocycles.